The Morgan fingerprint density at radius 3 is 1.95 bits per heavy atom. The van der Waals surface area contributed by atoms with E-state index >= 15 is 0 Å². The van der Waals surface area contributed by atoms with Crippen molar-refractivity contribution in [2.45, 2.75) is 82.0 Å². The number of alkyl carbamates (subject to hydrolysis) is 2. The second-order valence-corrected chi connectivity index (χ2v) is 15.8. The number of ether oxygens (including phenoxy) is 3. The van der Waals surface area contributed by atoms with E-state index in [1.165, 1.54) is 0 Å². The highest BCUT2D eigenvalue weighted by molar-refractivity contribution is 5.86. The van der Waals surface area contributed by atoms with Crippen LogP contribution in [0.4, 0.5) is 9.59 Å². The lowest BCUT2D eigenvalue weighted by Gasteiger charge is -2.24. The first kappa shape index (κ1) is 48.3. The van der Waals surface area contributed by atoms with Crippen LogP contribution < -0.4 is 21.3 Å². The van der Waals surface area contributed by atoms with Crippen LogP contribution in [0, 0.1) is 5.92 Å². The molecule has 1 aliphatic carbocycles. The Bertz CT molecular complexity index is 2100. The maximum atomic E-state index is 13.8. The van der Waals surface area contributed by atoms with Crippen LogP contribution in [0.5, 0.6) is 0 Å². The fraction of sp³-hybridized carbons (Fsp3) is 0.353. The second kappa shape index (κ2) is 26.0. The third kappa shape index (κ3) is 15.3. The Balaban J connectivity index is 1.18. The molecule has 13 nitrogen and oxygen atoms in total. The summed E-state index contributed by atoms with van der Waals surface area (Å²) < 4.78 is 16.8. The van der Waals surface area contributed by atoms with Gasteiger partial charge >= 0.3 is 18.2 Å². The zero-order chi connectivity index (χ0) is 45.5. The van der Waals surface area contributed by atoms with Crippen LogP contribution in [-0.4, -0.2) is 79.6 Å². The number of esters is 1. The summed E-state index contributed by atoms with van der Waals surface area (Å²) in [7, 11) is 0. The molecule has 0 saturated carbocycles. The minimum absolute atomic E-state index is 0.0639. The minimum Gasteiger partial charge on any atom is -0.462 e. The zero-order valence-electron chi connectivity index (χ0n) is 36.3. The number of rotatable bonds is 26. The lowest BCUT2D eigenvalue weighted by Crippen LogP contribution is -2.46. The highest BCUT2D eigenvalue weighted by atomic mass is 16.6. The zero-order valence-corrected chi connectivity index (χ0v) is 36.3. The van der Waals surface area contributed by atoms with Gasteiger partial charge in [0.05, 0.1) is 24.6 Å². The van der Waals surface area contributed by atoms with Crippen molar-refractivity contribution in [3.8, 4) is 11.1 Å². The lowest BCUT2D eigenvalue weighted by atomic mass is 9.98. The molecule has 0 fully saturated rings. The quantitative estimate of drug-likeness (QED) is 0.0187. The van der Waals surface area contributed by atoms with E-state index < -0.39 is 54.0 Å². The molecule has 0 saturated heterocycles. The highest BCUT2D eigenvalue weighted by Gasteiger charge is 2.31. The minimum atomic E-state index is -1.07. The van der Waals surface area contributed by atoms with Crippen molar-refractivity contribution >= 4 is 30.0 Å². The van der Waals surface area contributed by atoms with Gasteiger partial charge in [-0.25, -0.2) is 14.4 Å². The standard InChI is InChI=1S/C51H60N4O9/c1-3-5-28-46(55-51(61)64-35-45-43-26-14-12-24-41(43)42-25-13-15-27-44(42)45)49(59)62-34-39(23-16-17-29-52-50(60)63-33-37-21-10-7-11-22-37)54-48(58)38(18-4-2)31-47(57)53-40(32-56)30-36-19-8-6-9-20-36/h3-4,6-15,19-22,24-27,38-40,45-46,56H,1-2,5,16-18,23,28-35H2,(H,52,60)(H,53,57)(H,54,58)(H,55,61)/t38-,39-,40+,46-/m0/s1. The number of carbonyl (C=O) groups is 5. The van der Waals surface area contributed by atoms with Crippen LogP contribution in [0.15, 0.2) is 135 Å². The number of hydrogen-bond acceptors (Lipinski definition) is 9. The van der Waals surface area contributed by atoms with Crippen molar-refractivity contribution in [3.05, 3.63) is 157 Å². The molecule has 1 aliphatic rings. The number of amides is 4. The van der Waals surface area contributed by atoms with Gasteiger partial charge in [0, 0.05) is 18.9 Å². The average Bonchev–Trinajstić information content (AvgIpc) is 3.63. The van der Waals surface area contributed by atoms with Gasteiger partial charge in [0.1, 0.15) is 25.9 Å². The number of carbonyl (C=O) groups excluding carboxylic acids is 5. The van der Waals surface area contributed by atoms with E-state index in [4.69, 9.17) is 14.2 Å². The molecule has 0 bridgehead atoms. The average molecular weight is 873 g/mol. The van der Waals surface area contributed by atoms with Crippen molar-refractivity contribution in [3.63, 3.8) is 0 Å². The van der Waals surface area contributed by atoms with Gasteiger partial charge in [0.15, 0.2) is 0 Å². The summed E-state index contributed by atoms with van der Waals surface area (Å²) in [6.07, 6.45) is 4.29. The number of aliphatic hydroxyl groups excluding tert-OH is 1. The number of benzene rings is 4. The normalized spacial score (nSPS) is 13.4. The number of fused-ring (bicyclic) bond motifs is 3. The topological polar surface area (TPSA) is 181 Å². The summed E-state index contributed by atoms with van der Waals surface area (Å²) in [5, 5.41) is 21.2. The molecule has 0 unspecified atom stereocenters. The monoisotopic (exact) mass is 872 g/mol. The summed E-state index contributed by atoms with van der Waals surface area (Å²) in [6, 6.07) is 32.5. The first-order valence-electron chi connectivity index (χ1n) is 21.9. The van der Waals surface area contributed by atoms with Gasteiger partial charge in [-0.1, -0.05) is 121 Å². The van der Waals surface area contributed by atoms with Crippen LogP contribution in [0.1, 0.15) is 73.1 Å². The molecule has 4 aromatic carbocycles. The summed E-state index contributed by atoms with van der Waals surface area (Å²) >= 11 is 0. The Kier molecular flexibility index (Phi) is 19.6. The third-order valence-electron chi connectivity index (χ3n) is 11.0. The van der Waals surface area contributed by atoms with Crippen LogP contribution in [0.3, 0.4) is 0 Å². The smallest absolute Gasteiger partial charge is 0.407 e. The van der Waals surface area contributed by atoms with E-state index in [0.717, 1.165) is 33.4 Å². The first-order chi connectivity index (χ1) is 31.2. The fourth-order valence-corrected chi connectivity index (χ4v) is 7.65. The molecule has 0 aliphatic heterocycles. The Morgan fingerprint density at radius 2 is 1.31 bits per heavy atom. The number of aliphatic hydroxyl groups is 1. The molecule has 13 heteroatoms. The summed E-state index contributed by atoms with van der Waals surface area (Å²) in [6.45, 7) is 7.53. The van der Waals surface area contributed by atoms with Crippen molar-refractivity contribution in [2.24, 2.45) is 5.92 Å². The van der Waals surface area contributed by atoms with Gasteiger partial charge in [-0.3, -0.25) is 9.59 Å². The summed E-state index contributed by atoms with van der Waals surface area (Å²) in [4.78, 5) is 66.2. The summed E-state index contributed by atoms with van der Waals surface area (Å²) in [5.74, 6) is -2.54. The lowest BCUT2D eigenvalue weighted by molar-refractivity contribution is -0.147. The summed E-state index contributed by atoms with van der Waals surface area (Å²) in [5.41, 5.74) is 6.09. The first-order valence-corrected chi connectivity index (χ1v) is 21.9. The molecule has 4 amide bonds. The van der Waals surface area contributed by atoms with Crippen molar-refractivity contribution < 1.29 is 43.3 Å². The van der Waals surface area contributed by atoms with Gasteiger partial charge < -0.3 is 40.6 Å². The molecule has 5 N–H and O–H groups in total. The Morgan fingerprint density at radius 1 is 0.672 bits per heavy atom. The van der Waals surface area contributed by atoms with Crippen LogP contribution >= 0.6 is 0 Å². The van der Waals surface area contributed by atoms with E-state index in [1.807, 2.05) is 109 Å². The third-order valence-corrected chi connectivity index (χ3v) is 11.0. The molecule has 0 spiro atoms. The maximum Gasteiger partial charge on any atom is 0.407 e. The maximum absolute atomic E-state index is 13.8. The number of allylic oxidation sites excluding steroid dienone is 2. The molecule has 4 atom stereocenters. The second-order valence-electron chi connectivity index (χ2n) is 15.8. The molecule has 0 heterocycles. The van der Waals surface area contributed by atoms with Gasteiger partial charge in [0.2, 0.25) is 11.8 Å². The molecule has 0 radical (unpaired) electrons. The van der Waals surface area contributed by atoms with Crippen molar-refractivity contribution in [1.29, 1.82) is 0 Å². The predicted molar refractivity (Wildman–Crippen MR) is 245 cm³/mol. The van der Waals surface area contributed by atoms with E-state index in [-0.39, 0.29) is 51.6 Å². The predicted octanol–water partition coefficient (Wildman–Crippen LogP) is 7.29. The number of unbranched alkanes of at least 4 members (excludes halogenated alkanes) is 1. The highest BCUT2D eigenvalue weighted by Crippen LogP contribution is 2.44. The molecule has 4 aromatic rings. The SMILES string of the molecule is C=CCC[C@H](NC(=O)OCC1c2ccccc2-c2ccccc21)C(=O)OC[C@H](CCCCNC(=O)OCc1ccccc1)NC(=O)[C@@H](CC=C)CC(=O)N[C@@H](CO)Cc1ccccc1. The molecule has 0 aromatic heterocycles. The number of hydrogen-bond donors (Lipinski definition) is 5. The van der Waals surface area contributed by atoms with Crippen LogP contribution in [0.25, 0.3) is 11.1 Å². The largest absolute Gasteiger partial charge is 0.462 e. The molecular formula is C51H60N4O9. The molecule has 338 valence electrons. The van der Waals surface area contributed by atoms with Crippen LogP contribution in [-0.2, 0) is 41.6 Å². The Hall–Kier alpha value is -6.73. The van der Waals surface area contributed by atoms with Crippen molar-refractivity contribution in [2.75, 3.05) is 26.4 Å². The Labute approximate surface area is 375 Å². The molecular weight excluding hydrogens is 813 g/mol. The van der Waals surface area contributed by atoms with E-state index in [1.54, 1.807) is 12.2 Å². The van der Waals surface area contributed by atoms with Gasteiger partial charge in [-0.15, -0.1) is 13.2 Å². The van der Waals surface area contributed by atoms with Gasteiger partial charge in [-0.2, -0.15) is 0 Å². The van der Waals surface area contributed by atoms with Gasteiger partial charge in [-0.05, 0) is 78.3 Å². The van der Waals surface area contributed by atoms with Gasteiger partial charge in [0.25, 0.3) is 0 Å². The molecule has 5 rings (SSSR count). The molecule has 64 heavy (non-hydrogen) atoms. The van der Waals surface area contributed by atoms with E-state index in [9.17, 15) is 29.1 Å². The van der Waals surface area contributed by atoms with E-state index in [0.29, 0.717) is 38.6 Å². The fourth-order valence-electron chi connectivity index (χ4n) is 7.65. The van der Waals surface area contributed by atoms with Crippen LogP contribution in [0.2, 0.25) is 0 Å². The number of nitrogens with one attached hydrogen (secondary N) is 4. The van der Waals surface area contributed by atoms with E-state index in [2.05, 4.69) is 34.4 Å². The van der Waals surface area contributed by atoms with Crippen molar-refractivity contribution in [1.82, 2.24) is 21.3 Å².